The molecule has 1 N–H and O–H groups in total. The minimum atomic E-state index is 0.00290. The van der Waals surface area contributed by atoms with Gasteiger partial charge in [0.05, 0.1) is 11.4 Å². The molecule has 0 atom stereocenters. The van der Waals surface area contributed by atoms with E-state index >= 15 is 0 Å². The quantitative estimate of drug-likeness (QED) is 0.854. The van der Waals surface area contributed by atoms with Gasteiger partial charge in [0.1, 0.15) is 5.03 Å². The Labute approximate surface area is 122 Å². The first-order valence-electron chi connectivity index (χ1n) is 6.31. The Morgan fingerprint density at radius 3 is 2.75 bits per heavy atom. The Kier molecular flexibility index (Phi) is 5.06. The highest BCUT2D eigenvalue weighted by atomic mass is 32.2. The third-order valence-corrected chi connectivity index (χ3v) is 3.32. The first-order chi connectivity index (χ1) is 9.65. The predicted octanol–water partition coefficient (Wildman–Crippen LogP) is 2.16. The summed E-state index contributed by atoms with van der Waals surface area (Å²) in [6, 6.07) is 7.69. The molecule has 2 aromatic heterocycles. The van der Waals surface area contributed by atoms with E-state index in [1.54, 1.807) is 12.4 Å². The third-order valence-electron chi connectivity index (χ3n) is 2.40. The second kappa shape index (κ2) is 7.00. The Morgan fingerprint density at radius 1 is 1.30 bits per heavy atom. The molecule has 0 saturated carbocycles. The van der Waals surface area contributed by atoms with Crippen LogP contribution in [0.25, 0.3) is 11.3 Å². The number of hydrogen-bond donors (Lipinski definition) is 1. The van der Waals surface area contributed by atoms with Gasteiger partial charge in [-0.15, -0.1) is 10.2 Å². The molecule has 1 amide bonds. The van der Waals surface area contributed by atoms with Gasteiger partial charge in [0.2, 0.25) is 5.91 Å². The molecule has 20 heavy (non-hydrogen) atoms. The van der Waals surface area contributed by atoms with E-state index in [1.165, 1.54) is 11.8 Å². The van der Waals surface area contributed by atoms with Gasteiger partial charge in [-0.2, -0.15) is 0 Å². The van der Waals surface area contributed by atoms with Crippen LogP contribution in [0, 0.1) is 0 Å². The minimum absolute atomic E-state index is 0.00290. The highest BCUT2D eigenvalue weighted by molar-refractivity contribution is 7.99. The van der Waals surface area contributed by atoms with Gasteiger partial charge in [0, 0.05) is 24.0 Å². The van der Waals surface area contributed by atoms with Crippen molar-refractivity contribution in [3.05, 3.63) is 36.7 Å². The van der Waals surface area contributed by atoms with Gasteiger partial charge in [-0.05, 0) is 38.1 Å². The number of nitrogens with zero attached hydrogens (tertiary/aromatic N) is 3. The molecule has 2 heterocycles. The Morgan fingerprint density at radius 2 is 2.15 bits per heavy atom. The lowest BCUT2D eigenvalue weighted by Crippen LogP contribution is -2.31. The van der Waals surface area contributed by atoms with Crippen LogP contribution in [0.5, 0.6) is 0 Å². The number of hydrogen-bond acceptors (Lipinski definition) is 5. The van der Waals surface area contributed by atoms with Gasteiger partial charge in [0.15, 0.2) is 0 Å². The minimum Gasteiger partial charge on any atom is -0.353 e. The molecular formula is C14H16N4OS. The van der Waals surface area contributed by atoms with Crippen LogP contribution in [-0.4, -0.2) is 32.9 Å². The molecule has 0 aromatic carbocycles. The van der Waals surface area contributed by atoms with Crippen LogP contribution in [0.1, 0.15) is 13.8 Å². The zero-order valence-corrected chi connectivity index (χ0v) is 12.2. The van der Waals surface area contributed by atoms with Gasteiger partial charge >= 0.3 is 0 Å². The molecule has 0 aliphatic heterocycles. The Hall–Kier alpha value is -1.95. The number of carbonyl (C=O) groups excluding carboxylic acids is 1. The maximum Gasteiger partial charge on any atom is 0.230 e. The van der Waals surface area contributed by atoms with Crippen molar-refractivity contribution in [3.8, 4) is 11.3 Å². The molecule has 0 fully saturated rings. The van der Waals surface area contributed by atoms with Gasteiger partial charge in [-0.25, -0.2) is 0 Å². The van der Waals surface area contributed by atoms with Crippen LogP contribution in [0.4, 0.5) is 0 Å². The van der Waals surface area contributed by atoms with E-state index in [2.05, 4.69) is 20.5 Å². The van der Waals surface area contributed by atoms with E-state index in [4.69, 9.17) is 0 Å². The fraction of sp³-hybridized carbons (Fsp3) is 0.286. The van der Waals surface area contributed by atoms with E-state index in [0.717, 1.165) is 16.3 Å². The zero-order chi connectivity index (χ0) is 14.4. The summed E-state index contributed by atoms with van der Waals surface area (Å²) in [6.07, 6.45) is 3.46. The largest absolute Gasteiger partial charge is 0.353 e. The second-order valence-electron chi connectivity index (χ2n) is 4.51. The molecule has 6 heteroatoms. The molecule has 104 valence electrons. The average molecular weight is 288 g/mol. The van der Waals surface area contributed by atoms with E-state index in [-0.39, 0.29) is 11.9 Å². The fourth-order valence-corrected chi connectivity index (χ4v) is 2.19. The molecule has 2 rings (SSSR count). The summed E-state index contributed by atoms with van der Waals surface area (Å²) < 4.78 is 0. The van der Waals surface area contributed by atoms with Crippen LogP contribution in [0.15, 0.2) is 41.7 Å². The first-order valence-corrected chi connectivity index (χ1v) is 7.30. The number of aromatic nitrogens is 3. The van der Waals surface area contributed by atoms with E-state index in [1.807, 2.05) is 38.1 Å². The van der Waals surface area contributed by atoms with E-state index < -0.39 is 0 Å². The van der Waals surface area contributed by atoms with Crippen LogP contribution >= 0.6 is 11.8 Å². The number of pyridine rings is 1. The molecule has 0 unspecified atom stereocenters. The van der Waals surface area contributed by atoms with Gasteiger partial charge in [-0.1, -0.05) is 11.8 Å². The third kappa shape index (κ3) is 4.31. The molecule has 0 radical (unpaired) electrons. The lowest BCUT2D eigenvalue weighted by atomic mass is 10.2. The standard InChI is InChI=1S/C14H16N4OS/c1-10(2)16-13(19)9-20-14-6-5-12(17-18-14)11-4-3-7-15-8-11/h3-8,10H,9H2,1-2H3,(H,16,19). The summed E-state index contributed by atoms with van der Waals surface area (Å²) in [5.74, 6) is 0.349. The number of nitrogens with one attached hydrogen (secondary N) is 1. The van der Waals surface area contributed by atoms with Crippen molar-refractivity contribution in [1.82, 2.24) is 20.5 Å². The normalized spacial score (nSPS) is 10.6. The Bertz CT molecular complexity index is 557. The van der Waals surface area contributed by atoms with Gasteiger partial charge in [0.25, 0.3) is 0 Å². The van der Waals surface area contributed by atoms with Crippen LogP contribution < -0.4 is 5.32 Å². The van der Waals surface area contributed by atoms with Crippen molar-refractivity contribution >= 4 is 17.7 Å². The summed E-state index contributed by atoms with van der Waals surface area (Å²) in [5, 5.41) is 11.8. The smallest absolute Gasteiger partial charge is 0.230 e. The van der Waals surface area contributed by atoms with Crippen molar-refractivity contribution in [2.75, 3.05) is 5.75 Å². The highest BCUT2D eigenvalue weighted by Gasteiger charge is 2.06. The number of thioether (sulfide) groups is 1. The van der Waals surface area contributed by atoms with Crippen molar-refractivity contribution in [2.24, 2.45) is 0 Å². The monoisotopic (exact) mass is 288 g/mol. The summed E-state index contributed by atoms with van der Waals surface area (Å²) in [6.45, 7) is 3.87. The number of amides is 1. The molecule has 0 saturated heterocycles. The second-order valence-corrected chi connectivity index (χ2v) is 5.51. The highest BCUT2D eigenvalue weighted by Crippen LogP contribution is 2.18. The summed E-state index contributed by atoms with van der Waals surface area (Å²) in [4.78, 5) is 15.6. The number of rotatable bonds is 5. The van der Waals surface area contributed by atoms with E-state index in [0.29, 0.717) is 5.75 Å². The molecule has 0 bridgehead atoms. The molecule has 2 aromatic rings. The molecule has 0 aliphatic carbocycles. The average Bonchev–Trinajstić information content (AvgIpc) is 2.46. The molecule has 0 spiro atoms. The van der Waals surface area contributed by atoms with Gasteiger partial charge in [-0.3, -0.25) is 9.78 Å². The van der Waals surface area contributed by atoms with Crippen LogP contribution in [0.3, 0.4) is 0 Å². The van der Waals surface area contributed by atoms with Crippen LogP contribution in [0.2, 0.25) is 0 Å². The lowest BCUT2D eigenvalue weighted by molar-refractivity contribution is -0.119. The van der Waals surface area contributed by atoms with Crippen molar-refractivity contribution in [3.63, 3.8) is 0 Å². The van der Waals surface area contributed by atoms with Crippen molar-refractivity contribution < 1.29 is 4.79 Å². The van der Waals surface area contributed by atoms with E-state index in [9.17, 15) is 4.79 Å². The molecule has 0 aliphatic rings. The van der Waals surface area contributed by atoms with Gasteiger partial charge < -0.3 is 5.32 Å². The maximum atomic E-state index is 11.5. The number of carbonyl (C=O) groups is 1. The maximum absolute atomic E-state index is 11.5. The SMILES string of the molecule is CC(C)NC(=O)CSc1ccc(-c2cccnc2)nn1. The zero-order valence-electron chi connectivity index (χ0n) is 11.4. The van der Waals surface area contributed by atoms with Crippen molar-refractivity contribution in [2.45, 2.75) is 24.9 Å². The molecular weight excluding hydrogens is 272 g/mol. The Balaban J connectivity index is 1.94. The predicted molar refractivity (Wildman–Crippen MR) is 79.3 cm³/mol. The fourth-order valence-electron chi connectivity index (χ4n) is 1.57. The summed E-state index contributed by atoms with van der Waals surface area (Å²) in [7, 11) is 0. The van der Waals surface area contributed by atoms with Crippen LogP contribution in [-0.2, 0) is 4.79 Å². The first kappa shape index (κ1) is 14.5. The summed E-state index contributed by atoms with van der Waals surface area (Å²) >= 11 is 1.37. The lowest BCUT2D eigenvalue weighted by Gasteiger charge is -2.07. The molecule has 5 nitrogen and oxygen atoms in total. The topological polar surface area (TPSA) is 67.8 Å². The van der Waals surface area contributed by atoms with Crippen molar-refractivity contribution in [1.29, 1.82) is 0 Å². The summed E-state index contributed by atoms with van der Waals surface area (Å²) in [5.41, 5.74) is 1.70.